The number of halogens is 1. The van der Waals surface area contributed by atoms with Gasteiger partial charge in [0.2, 0.25) is 5.89 Å². The van der Waals surface area contributed by atoms with E-state index in [0.717, 1.165) is 62.6 Å². The number of nitrogens with zero attached hydrogens (tertiary/aromatic N) is 3. The lowest BCUT2D eigenvalue weighted by Gasteiger charge is -2.31. The van der Waals surface area contributed by atoms with Gasteiger partial charge in [-0.25, -0.2) is 4.98 Å². The van der Waals surface area contributed by atoms with E-state index in [1.165, 1.54) is 18.4 Å². The Morgan fingerprint density at radius 3 is 2.52 bits per heavy atom. The van der Waals surface area contributed by atoms with Gasteiger partial charge in [-0.1, -0.05) is 37.3 Å². The van der Waals surface area contributed by atoms with Gasteiger partial charge in [-0.15, -0.1) is 24.0 Å². The molecule has 1 fully saturated rings. The zero-order valence-corrected chi connectivity index (χ0v) is 21.7. The highest BCUT2D eigenvalue weighted by Gasteiger charge is 2.21. The summed E-state index contributed by atoms with van der Waals surface area (Å²) in [6.07, 6.45) is 2.37. The van der Waals surface area contributed by atoms with Crippen molar-refractivity contribution >= 4 is 29.9 Å². The highest BCUT2D eigenvalue weighted by atomic mass is 127. The molecule has 2 N–H and O–H groups in total. The second-order valence-corrected chi connectivity index (χ2v) is 8.38. The molecule has 31 heavy (non-hydrogen) atoms. The Labute approximate surface area is 204 Å². The number of aliphatic imine (C=N–C) groups is 1. The molecule has 0 amide bonds. The summed E-state index contributed by atoms with van der Waals surface area (Å²) in [5.74, 6) is 3.78. The first kappa shape index (κ1) is 25.6. The summed E-state index contributed by atoms with van der Waals surface area (Å²) < 4.78 is 5.74. The molecule has 172 valence electrons. The third kappa shape index (κ3) is 8.11. The van der Waals surface area contributed by atoms with Crippen LogP contribution in [0.4, 0.5) is 0 Å². The van der Waals surface area contributed by atoms with E-state index in [9.17, 15) is 0 Å². The van der Waals surface area contributed by atoms with Gasteiger partial charge in [0.25, 0.3) is 0 Å². The lowest BCUT2D eigenvalue weighted by molar-refractivity contribution is 0.164. The van der Waals surface area contributed by atoms with Gasteiger partial charge in [-0.05, 0) is 58.2 Å². The summed E-state index contributed by atoms with van der Waals surface area (Å²) >= 11 is 0. The summed E-state index contributed by atoms with van der Waals surface area (Å²) in [5, 5.41) is 6.95. The quantitative estimate of drug-likeness (QED) is 0.294. The van der Waals surface area contributed by atoms with E-state index in [1.54, 1.807) is 0 Å². The monoisotopic (exact) mass is 539 g/mol. The molecule has 2 heterocycles. The molecule has 7 heteroatoms. The first-order valence-electron chi connectivity index (χ1n) is 11.3. The van der Waals surface area contributed by atoms with E-state index >= 15 is 0 Å². The molecule has 1 atom stereocenters. The number of benzene rings is 1. The van der Waals surface area contributed by atoms with Crippen LogP contribution in [0.15, 0.2) is 39.7 Å². The van der Waals surface area contributed by atoms with Crippen molar-refractivity contribution in [1.82, 2.24) is 20.5 Å². The van der Waals surface area contributed by atoms with Crippen molar-refractivity contribution in [3.8, 4) is 0 Å². The molecule has 0 spiro atoms. The minimum absolute atomic E-state index is 0. The fourth-order valence-electron chi connectivity index (χ4n) is 3.84. The van der Waals surface area contributed by atoms with Crippen LogP contribution >= 0.6 is 24.0 Å². The van der Waals surface area contributed by atoms with E-state index in [2.05, 4.69) is 64.7 Å². The van der Waals surface area contributed by atoms with Crippen molar-refractivity contribution in [2.75, 3.05) is 32.7 Å². The molecule has 3 rings (SSSR count). The molecule has 1 aliphatic heterocycles. The van der Waals surface area contributed by atoms with Crippen LogP contribution in [0.3, 0.4) is 0 Å². The zero-order valence-electron chi connectivity index (χ0n) is 19.4. The first-order valence-corrected chi connectivity index (χ1v) is 11.3. The topological polar surface area (TPSA) is 65.7 Å². The number of rotatable bonds is 8. The molecule has 1 aromatic carbocycles. The molecule has 2 aromatic rings. The molecular weight excluding hydrogens is 501 g/mol. The van der Waals surface area contributed by atoms with E-state index < -0.39 is 0 Å². The molecular formula is C24H38IN5O. The van der Waals surface area contributed by atoms with Crippen molar-refractivity contribution in [2.24, 2.45) is 10.9 Å². The van der Waals surface area contributed by atoms with Crippen molar-refractivity contribution in [3.05, 3.63) is 53.2 Å². The predicted octanol–water partition coefficient (Wildman–Crippen LogP) is 4.48. The van der Waals surface area contributed by atoms with Gasteiger partial charge in [-0.3, -0.25) is 9.89 Å². The number of aromatic nitrogens is 1. The second-order valence-electron chi connectivity index (χ2n) is 8.38. The van der Waals surface area contributed by atoms with Gasteiger partial charge < -0.3 is 15.1 Å². The molecule has 1 saturated heterocycles. The molecule has 0 saturated carbocycles. The Morgan fingerprint density at radius 1 is 1.19 bits per heavy atom. The third-order valence-corrected chi connectivity index (χ3v) is 5.93. The van der Waals surface area contributed by atoms with Gasteiger partial charge in [0.05, 0.1) is 12.2 Å². The highest BCUT2D eigenvalue weighted by Crippen LogP contribution is 2.19. The number of oxazole rings is 1. The maximum atomic E-state index is 5.74. The Bertz CT molecular complexity index is 780. The van der Waals surface area contributed by atoms with Crippen LogP contribution in [0, 0.1) is 19.8 Å². The smallest absolute Gasteiger partial charge is 0.208 e. The van der Waals surface area contributed by atoms with Crippen molar-refractivity contribution in [1.29, 1.82) is 0 Å². The number of guanidine groups is 1. The molecule has 1 unspecified atom stereocenters. The number of piperidine rings is 1. The highest BCUT2D eigenvalue weighted by molar-refractivity contribution is 14.0. The average molecular weight is 540 g/mol. The minimum Gasteiger partial charge on any atom is -0.444 e. The van der Waals surface area contributed by atoms with Crippen molar-refractivity contribution in [2.45, 2.75) is 53.0 Å². The third-order valence-electron chi connectivity index (χ3n) is 5.93. The lowest BCUT2D eigenvalue weighted by atomic mass is 9.97. The Balaban J connectivity index is 0.00000341. The molecule has 1 aliphatic rings. The summed E-state index contributed by atoms with van der Waals surface area (Å²) in [5.41, 5.74) is 2.34. The fourth-order valence-corrected chi connectivity index (χ4v) is 3.84. The van der Waals surface area contributed by atoms with Gasteiger partial charge in [0.15, 0.2) is 5.96 Å². The second kappa shape index (κ2) is 13.1. The Hall–Kier alpha value is -1.61. The largest absolute Gasteiger partial charge is 0.444 e. The number of hydrogen-bond donors (Lipinski definition) is 2. The number of hydrogen-bond acceptors (Lipinski definition) is 4. The van der Waals surface area contributed by atoms with Crippen LogP contribution in [0.5, 0.6) is 0 Å². The Kier molecular flexibility index (Phi) is 10.8. The number of nitrogens with one attached hydrogen (secondary N) is 2. The van der Waals surface area contributed by atoms with Crippen molar-refractivity contribution in [3.63, 3.8) is 0 Å². The molecule has 0 bridgehead atoms. The van der Waals surface area contributed by atoms with Crippen molar-refractivity contribution < 1.29 is 4.42 Å². The first-order chi connectivity index (χ1) is 14.5. The predicted molar refractivity (Wildman–Crippen MR) is 138 cm³/mol. The standard InChI is InChI=1S/C24H37N5O.HI/c1-5-25-24(26-15-18(2)22-9-7-6-8-10-22)27-16-21-11-13-29(14-12-21)17-23-28-19(3)20(4)30-23;/h6-10,18,21H,5,11-17H2,1-4H3,(H2,25,26,27);1H. The average Bonchev–Trinajstić information content (AvgIpc) is 3.08. The lowest BCUT2D eigenvalue weighted by Crippen LogP contribution is -2.43. The van der Waals surface area contributed by atoms with E-state index in [1.807, 2.05) is 13.8 Å². The maximum Gasteiger partial charge on any atom is 0.208 e. The van der Waals surface area contributed by atoms with Gasteiger partial charge in [0.1, 0.15) is 5.76 Å². The van der Waals surface area contributed by atoms with E-state index in [-0.39, 0.29) is 24.0 Å². The van der Waals surface area contributed by atoms with Crippen LogP contribution in [-0.4, -0.2) is 48.6 Å². The van der Waals surface area contributed by atoms with E-state index in [0.29, 0.717) is 11.8 Å². The summed E-state index contributed by atoms with van der Waals surface area (Å²) in [6, 6.07) is 10.6. The van der Waals surface area contributed by atoms with Gasteiger partial charge in [-0.2, -0.15) is 0 Å². The minimum atomic E-state index is 0. The number of aryl methyl sites for hydroxylation is 2. The molecule has 6 nitrogen and oxygen atoms in total. The van der Waals surface area contributed by atoms with Gasteiger partial charge in [0, 0.05) is 25.6 Å². The summed E-state index contributed by atoms with van der Waals surface area (Å²) in [6.45, 7) is 13.9. The Morgan fingerprint density at radius 2 is 1.90 bits per heavy atom. The van der Waals surface area contributed by atoms with E-state index in [4.69, 9.17) is 9.41 Å². The molecule has 0 aliphatic carbocycles. The molecule has 0 radical (unpaired) electrons. The summed E-state index contributed by atoms with van der Waals surface area (Å²) in [4.78, 5) is 11.8. The fraction of sp³-hybridized carbons (Fsp3) is 0.583. The van der Waals surface area contributed by atoms with Gasteiger partial charge >= 0.3 is 0 Å². The van der Waals surface area contributed by atoms with Crippen LogP contribution < -0.4 is 10.6 Å². The van der Waals surface area contributed by atoms with Crippen LogP contribution in [0.1, 0.15) is 55.5 Å². The normalized spacial score (nSPS) is 16.6. The maximum absolute atomic E-state index is 5.74. The SMILES string of the molecule is CCNC(=NCC(C)c1ccccc1)NCC1CCN(Cc2nc(C)c(C)o2)CC1.I. The van der Waals surface area contributed by atoms with Crippen LogP contribution in [0.2, 0.25) is 0 Å². The number of likely N-dealkylation sites (tertiary alicyclic amines) is 1. The zero-order chi connectivity index (χ0) is 21.3. The molecule has 1 aromatic heterocycles. The summed E-state index contributed by atoms with van der Waals surface area (Å²) in [7, 11) is 0. The van der Waals surface area contributed by atoms with Crippen LogP contribution in [0.25, 0.3) is 0 Å². The van der Waals surface area contributed by atoms with Crippen LogP contribution in [-0.2, 0) is 6.54 Å².